The Morgan fingerprint density at radius 1 is 0.818 bits per heavy atom. The van der Waals surface area contributed by atoms with E-state index in [2.05, 4.69) is 32.5 Å². The third-order valence-electron chi connectivity index (χ3n) is 3.69. The minimum absolute atomic E-state index is 0. The maximum atomic E-state index is 8.24. The third-order valence-corrected chi connectivity index (χ3v) is 18.2. The number of nitrogens with zero attached hydrogens (tertiary/aromatic N) is 1. The molecular weight excluding hydrogens is 375 g/mol. The fourth-order valence-electron chi connectivity index (χ4n) is 2.44. The van der Waals surface area contributed by atoms with Crippen molar-refractivity contribution >= 4 is 28.9 Å². The SMILES string of the molecule is C.C=N[C](=N)[Sn]([CH2]CCC)([CH2]CCC)[CH2]CCC.CC.CC. The van der Waals surface area contributed by atoms with E-state index in [-0.39, 0.29) is 7.43 Å². The molecule has 2 nitrogen and oxygen atoms in total. The van der Waals surface area contributed by atoms with Crippen molar-refractivity contribution in [1.82, 2.24) is 0 Å². The molecule has 136 valence electrons. The van der Waals surface area contributed by atoms with Crippen LogP contribution >= 0.6 is 0 Å². The van der Waals surface area contributed by atoms with Gasteiger partial charge in [0.1, 0.15) is 0 Å². The summed E-state index contributed by atoms with van der Waals surface area (Å²) >= 11 is -2.44. The quantitative estimate of drug-likeness (QED) is 0.213. The largest absolute Gasteiger partial charge is 0.0683 e. The van der Waals surface area contributed by atoms with E-state index in [1.165, 1.54) is 51.8 Å². The first-order valence-electron chi connectivity index (χ1n) is 9.22. The van der Waals surface area contributed by atoms with E-state index in [1.807, 2.05) is 27.7 Å². The van der Waals surface area contributed by atoms with E-state index in [4.69, 9.17) is 5.41 Å². The van der Waals surface area contributed by atoms with Gasteiger partial charge in [-0.3, -0.25) is 0 Å². The minimum Gasteiger partial charge on any atom is -0.0683 e. The number of aliphatic imine (C=N–C) groups is 1. The summed E-state index contributed by atoms with van der Waals surface area (Å²) < 4.78 is 4.71. The van der Waals surface area contributed by atoms with Crippen LogP contribution in [-0.2, 0) is 0 Å². The van der Waals surface area contributed by atoms with Gasteiger partial charge in [0.05, 0.1) is 0 Å². The predicted molar refractivity (Wildman–Crippen MR) is 112 cm³/mol. The third kappa shape index (κ3) is 13.8. The summed E-state index contributed by atoms with van der Waals surface area (Å²) in [7, 11) is 0. The molecule has 1 N–H and O–H groups in total. The maximum Gasteiger partial charge on any atom is -0.0683 e. The second kappa shape index (κ2) is 23.4. The second-order valence-corrected chi connectivity index (χ2v) is 18.0. The summed E-state index contributed by atoms with van der Waals surface area (Å²) in [4.78, 5) is 4.05. The van der Waals surface area contributed by atoms with Gasteiger partial charge in [0.25, 0.3) is 0 Å². The first-order chi connectivity index (χ1) is 10.2. The Kier molecular flexibility index (Phi) is 32.0. The summed E-state index contributed by atoms with van der Waals surface area (Å²) in [6, 6.07) is 0. The van der Waals surface area contributed by atoms with Crippen LogP contribution < -0.4 is 0 Å². The van der Waals surface area contributed by atoms with Gasteiger partial charge in [-0.25, -0.2) is 0 Å². The number of unbranched alkanes of at least 4 members (excludes halogenated alkanes) is 3. The number of hydrogen-bond donors (Lipinski definition) is 1. The van der Waals surface area contributed by atoms with Crippen molar-refractivity contribution in [2.24, 2.45) is 4.99 Å². The molecule has 0 aliphatic carbocycles. The number of hydrogen-bond acceptors (Lipinski definition) is 1. The molecule has 0 aliphatic heterocycles. The summed E-state index contributed by atoms with van der Waals surface area (Å²) in [6.45, 7) is 18.4. The van der Waals surface area contributed by atoms with Gasteiger partial charge in [0.2, 0.25) is 0 Å². The summed E-state index contributed by atoms with van der Waals surface area (Å²) in [5.41, 5.74) is 0. The van der Waals surface area contributed by atoms with Crippen molar-refractivity contribution in [1.29, 1.82) is 5.41 Å². The molecule has 0 fully saturated rings. The van der Waals surface area contributed by atoms with Crippen LogP contribution in [0.1, 0.15) is 94.4 Å². The molecule has 0 unspecified atom stereocenters. The topological polar surface area (TPSA) is 36.2 Å². The Balaban J connectivity index is -0.000000297. The summed E-state index contributed by atoms with van der Waals surface area (Å²) in [6.07, 6.45) is 7.63. The minimum atomic E-state index is -2.44. The van der Waals surface area contributed by atoms with Crippen LogP contribution in [0.15, 0.2) is 4.99 Å². The molecule has 0 aliphatic rings. The zero-order valence-electron chi connectivity index (χ0n) is 16.0. The van der Waals surface area contributed by atoms with Crippen LogP contribution in [0.4, 0.5) is 0 Å². The van der Waals surface area contributed by atoms with Gasteiger partial charge in [0.15, 0.2) is 0 Å². The average molecular weight is 421 g/mol. The molecule has 0 aromatic carbocycles. The van der Waals surface area contributed by atoms with Crippen molar-refractivity contribution < 1.29 is 0 Å². The Morgan fingerprint density at radius 3 is 1.27 bits per heavy atom. The standard InChI is InChI=1S/3C4H9.C2H3N2.2C2H6.CH4.Sn/c3*1-3-4-2;1-4-2-3;2*1-2;;/h3*1,3-4H2,2H3;3H,1H2;2*1-2H3;1H4;. The van der Waals surface area contributed by atoms with Crippen LogP contribution in [0, 0.1) is 5.41 Å². The van der Waals surface area contributed by atoms with Crippen molar-refractivity contribution in [3.05, 3.63) is 0 Å². The molecule has 0 radical (unpaired) electrons. The molecule has 0 rings (SSSR count). The summed E-state index contributed by atoms with van der Waals surface area (Å²) in [5.74, 6) is 0. The zero-order chi connectivity index (χ0) is 17.1. The number of nitrogens with one attached hydrogen (secondary N) is 1. The van der Waals surface area contributed by atoms with Crippen molar-refractivity contribution in [2.45, 2.75) is 108 Å². The fraction of sp³-hybridized carbons (Fsp3) is 0.895. The smallest absolute Gasteiger partial charge is 0.0683 e. The molecule has 22 heavy (non-hydrogen) atoms. The number of amidine groups is 1. The second-order valence-electron chi connectivity index (χ2n) is 5.10. The normalized spacial score (nSPS) is 9.41. The summed E-state index contributed by atoms with van der Waals surface area (Å²) in [5, 5.41) is 8.24. The first kappa shape index (κ1) is 30.1. The van der Waals surface area contributed by atoms with Crippen LogP contribution in [0.5, 0.6) is 0 Å². The molecule has 0 aromatic rings. The van der Waals surface area contributed by atoms with E-state index in [1.54, 1.807) is 0 Å². The Morgan fingerprint density at radius 2 is 1.09 bits per heavy atom. The Bertz CT molecular complexity index is 206. The molecule has 0 saturated heterocycles. The van der Waals surface area contributed by atoms with Crippen LogP contribution in [0.2, 0.25) is 13.3 Å². The van der Waals surface area contributed by atoms with Crippen molar-refractivity contribution in [3.8, 4) is 0 Å². The molecule has 0 aromatic heterocycles. The molecule has 0 atom stereocenters. The van der Waals surface area contributed by atoms with E-state index >= 15 is 0 Å². The van der Waals surface area contributed by atoms with Gasteiger partial charge >= 0.3 is 112 Å². The molecule has 0 saturated carbocycles. The maximum absolute atomic E-state index is 8.24. The Hall–Kier alpha value is 0.139. The van der Waals surface area contributed by atoms with Gasteiger partial charge < -0.3 is 0 Å². The van der Waals surface area contributed by atoms with Crippen molar-refractivity contribution in [3.63, 3.8) is 0 Å². The van der Waals surface area contributed by atoms with Gasteiger partial charge in [-0.15, -0.1) is 0 Å². The van der Waals surface area contributed by atoms with Crippen LogP contribution in [-0.4, -0.2) is 28.9 Å². The monoisotopic (exact) mass is 422 g/mol. The molecule has 0 amide bonds. The van der Waals surface area contributed by atoms with E-state index < -0.39 is 18.4 Å². The van der Waals surface area contributed by atoms with Crippen molar-refractivity contribution in [2.75, 3.05) is 0 Å². The fourth-order valence-corrected chi connectivity index (χ4v) is 16.4. The molecular formula is C19H46N2Sn. The molecule has 3 heteroatoms. The number of rotatable bonds is 10. The van der Waals surface area contributed by atoms with Gasteiger partial charge in [-0.1, -0.05) is 35.1 Å². The van der Waals surface area contributed by atoms with E-state index in [9.17, 15) is 0 Å². The van der Waals surface area contributed by atoms with Gasteiger partial charge in [-0.2, -0.15) is 0 Å². The van der Waals surface area contributed by atoms with Gasteiger partial charge in [-0.05, 0) is 0 Å². The first-order valence-corrected chi connectivity index (χ1v) is 16.7. The Labute approximate surface area is 147 Å². The van der Waals surface area contributed by atoms with E-state index in [0.717, 1.165) is 3.85 Å². The van der Waals surface area contributed by atoms with Gasteiger partial charge in [0, 0.05) is 0 Å². The van der Waals surface area contributed by atoms with Crippen LogP contribution in [0.3, 0.4) is 0 Å². The average Bonchev–Trinajstić information content (AvgIpc) is 2.57. The molecule has 0 spiro atoms. The van der Waals surface area contributed by atoms with E-state index in [0.29, 0.717) is 0 Å². The molecule has 0 heterocycles. The molecule has 0 bridgehead atoms. The van der Waals surface area contributed by atoms with Crippen LogP contribution in [0.25, 0.3) is 0 Å². The predicted octanol–water partition coefficient (Wildman–Crippen LogP) is 7.74. The zero-order valence-corrected chi connectivity index (χ0v) is 18.9.